The lowest BCUT2D eigenvalue weighted by molar-refractivity contribution is -0.384. The lowest BCUT2D eigenvalue weighted by Gasteiger charge is -2.11. The molecule has 3 aromatic rings. The number of hydrogen-bond donors (Lipinski definition) is 3. The molecule has 3 rings (SSSR count). The van der Waals surface area contributed by atoms with Gasteiger partial charge < -0.3 is 5.32 Å². The largest absolute Gasteiger partial charge is 0.354 e. The Bertz CT molecular complexity index is 1250. The molecular formula is C17H15N7O6S. The molecule has 31 heavy (non-hydrogen) atoms. The van der Waals surface area contributed by atoms with Gasteiger partial charge in [-0.2, -0.15) is 0 Å². The van der Waals surface area contributed by atoms with E-state index in [1.165, 1.54) is 36.4 Å². The van der Waals surface area contributed by atoms with Crippen molar-refractivity contribution in [2.45, 2.75) is 11.8 Å². The van der Waals surface area contributed by atoms with Gasteiger partial charge in [0, 0.05) is 17.8 Å². The zero-order chi connectivity index (χ0) is 22.6. The Labute approximate surface area is 175 Å². The minimum atomic E-state index is -4.04. The van der Waals surface area contributed by atoms with Gasteiger partial charge >= 0.3 is 5.69 Å². The molecule has 1 heterocycles. The summed E-state index contributed by atoms with van der Waals surface area (Å²) in [5.41, 5.74) is 2.35. The molecule has 0 aliphatic rings. The Hall–Kier alpha value is -4.17. The molecule has 3 N–H and O–H groups in total. The highest BCUT2D eigenvalue weighted by atomic mass is 32.2. The molecule has 0 saturated heterocycles. The predicted molar refractivity (Wildman–Crippen MR) is 110 cm³/mol. The lowest BCUT2D eigenvalue weighted by atomic mass is 10.2. The van der Waals surface area contributed by atoms with Crippen LogP contribution in [0.4, 0.5) is 28.7 Å². The number of benzene rings is 2. The fraction of sp³-hybridized carbons (Fsp3) is 0.0588. The molecule has 0 unspecified atom stereocenters. The summed E-state index contributed by atoms with van der Waals surface area (Å²) in [4.78, 5) is 30.6. The van der Waals surface area contributed by atoms with E-state index in [4.69, 9.17) is 0 Å². The van der Waals surface area contributed by atoms with Crippen molar-refractivity contribution in [3.63, 3.8) is 0 Å². The molecule has 0 bridgehead atoms. The third-order valence-corrected chi connectivity index (χ3v) is 5.22. The zero-order valence-electron chi connectivity index (χ0n) is 15.8. The summed E-state index contributed by atoms with van der Waals surface area (Å²) < 4.78 is 24.8. The van der Waals surface area contributed by atoms with Crippen molar-refractivity contribution in [2.24, 2.45) is 0 Å². The number of aryl methyl sites for hydroxylation is 1. The number of hydrazine groups is 1. The molecule has 14 heteroatoms. The van der Waals surface area contributed by atoms with Crippen molar-refractivity contribution >= 4 is 38.7 Å². The molecule has 0 fully saturated rings. The number of nitro benzene ring substituents is 1. The minimum Gasteiger partial charge on any atom is -0.334 e. The van der Waals surface area contributed by atoms with Crippen LogP contribution < -0.4 is 15.6 Å². The topological polar surface area (TPSA) is 182 Å². The lowest BCUT2D eigenvalue weighted by Crippen LogP contribution is -2.30. The number of sulfonamides is 1. The predicted octanol–water partition coefficient (Wildman–Crippen LogP) is 2.65. The maximum atomic E-state index is 12.4. The van der Waals surface area contributed by atoms with E-state index in [1.807, 2.05) is 4.83 Å². The standard InChI is InChI=1S/C17H15N7O6S/c1-11-5-7-14(8-6-11)31(29,30)22-21-17-15(24(27)28)16(18-10-19-17)20-12-3-2-4-13(9-12)23(25)26/h2-10,22H,1H3,(H2,18,19,20,21). The molecular weight excluding hydrogens is 430 g/mol. The number of nitro groups is 2. The highest BCUT2D eigenvalue weighted by molar-refractivity contribution is 7.89. The number of hydrogen-bond acceptors (Lipinski definition) is 10. The molecule has 0 spiro atoms. The average Bonchev–Trinajstić information content (AvgIpc) is 2.72. The smallest absolute Gasteiger partial charge is 0.334 e. The second-order valence-electron chi connectivity index (χ2n) is 6.15. The van der Waals surface area contributed by atoms with Gasteiger partial charge in [-0.1, -0.05) is 23.8 Å². The molecule has 0 amide bonds. The van der Waals surface area contributed by atoms with Crippen molar-refractivity contribution in [3.05, 3.63) is 80.7 Å². The summed E-state index contributed by atoms with van der Waals surface area (Å²) in [6.07, 6.45) is 0.967. The van der Waals surface area contributed by atoms with Gasteiger partial charge in [0.1, 0.15) is 6.33 Å². The summed E-state index contributed by atoms with van der Waals surface area (Å²) in [5, 5.41) is 25.1. The van der Waals surface area contributed by atoms with Crippen LogP contribution in [0.5, 0.6) is 0 Å². The Kier molecular flexibility index (Phi) is 6.03. The first-order valence-corrected chi connectivity index (χ1v) is 10.0. The van der Waals surface area contributed by atoms with Gasteiger partial charge in [0.15, 0.2) is 0 Å². The molecule has 0 atom stereocenters. The van der Waals surface area contributed by atoms with Crippen LogP contribution >= 0.6 is 0 Å². The maximum Gasteiger partial charge on any atom is 0.354 e. The Morgan fingerprint density at radius 2 is 1.61 bits per heavy atom. The van der Waals surface area contributed by atoms with E-state index >= 15 is 0 Å². The summed E-state index contributed by atoms with van der Waals surface area (Å²) in [6, 6.07) is 11.2. The first-order valence-electron chi connectivity index (χ1n) is 8.53. The van der Waals surface area contributed by atoms with Gasteiger partial charge in [-0.15, -0.1) is 4.83 Å². The highest BCUT2D eigenvalue weighted by Crippen LogP contribution is 2.31. The van der Waals surface area contributed by atoms with Gasteiger partial charge in [0.2, 0.25) is 11.6 Å². The number of nitrogens with zero attached hydrogens (tertiary/aromatic N) is 4. The van der Waals surface area contributed by atoms with Crippen LogP contribution in [0.25, 0.3) is 0 Å². The van der Waals surface area contributed by atoms with Crippen molar-refractivity contribution in [1.82, 2.24) is 14.8 Å². The van der Waals surface area contributed by atoms with Gasteiger partial charge in [-0.05, 0) is 25.1 Å². The number of rotatable bonds is 8. The van der Waals surface area contributed by atoms with Crippen LogP contribution in [0.2, 0.25) is 0 Å². The third-order valence-electron chi connectivity index (χ3n) is 3.96. The monoisotopic (exact) mass is 445 g/mol. The van der Waals surface area contributed by atoms with Gasteiger partial charge in [0.25, 0.3) is 15.7 Å². The molecule has 0 radical (unpaired) electrons. The van der Waals surface area contributed by atoms with Gasteiger partial charge in [0.05, 0.1) is 14.7 Å². The Balaban J connectivity index is 1.88. The number of aromatic nitrogens is 2. The summed E-state index contributed by atoms with van der Waals surface area (Å²) in [7, 11) is -4.04. The maximum absolute atomic E-state index is 12.4. The molecule has 1 aromatic heterocycles. The molecule has 0 aliphatic carbocycles. The second kappa shape index (κ2) is 8.68. The number of nitrogens with one attached hydrogen (secondary N) is 3. The average molecular weight is 445 g/mol. The van der Waals surface area contributed by atoms with Crippen LogP contribution in [0.1, 0.15) is 5.56 Å². The minimum absolute atomic E-state index is 0.0581. The van der Waals surface area contributed by atoms with E-state index in [2.05, 4.69) is 20.7 Å². The van der Waals surface area contributed by atoms with Gasteiger partial charge in [-0.25, -0.2) is 18.4 Å². The first-order chi connectivity index (χ1) is 14.7. The molecule has 13 nitrogen and oxygen atoms in total. The van der Waals surface area contributed by atoms with E-state index in [1.54, 1.807) is 19.1 Å². The van der Waals surface area contributed by atoms with Crippen molar-refractivity contribution in [1.29, 1.82) is 0 Å². The van der Waals surface area contributed by atoms with Crippen LogP contribution in [0, 0.1) is 27.2 Å². The van der Waals surface area contributed by atoms with Crippen LogP contribution in [-0.2, 0) is 10.0 Å². The van der Waals surface area contributed by atoms with Crippen molar-refractivity contribution < 1.29 is 18.3 Å². The number of anilines is 3. The van der Waals surface area contributed by atoms with E-state index in [0.717, 1.165) is 11.9 Å². The van der Waals surface area contributed by atoms with Crippen LogP contribution in [-0.4, -0.2) is 28.2 Å². The van der Waals surface area contributed by atoms with Crippen molar-refractivity contribution in [3.8, 4) is 0 Å². The Morgan fingerprint density at radius 3 is 2.26 bits per heavy atom. The fourth-order valence-electron chi connectivity index (χ4n) is 2.46. The van der Waals surface area contributed by atoms with Crippen molar-refractivity contribution in [2.75, 3.05) is 10.7 Å². The van der Waals surface area contributed by atoms with Crippen LogP contribution in [0.3, 0.4) is 0 Å². The highest BCUT2D eigenvalue weighted by Gasteiger charge is 2.25. The van der Waals surface area contributed by atoms with Crippen LogP contribution in [0.15, 0.2) is 59.8 Å². The zero-order valence-corrected chi connectivity index (χ0v) is 16.7. The quantitative estimate of drug-likeness (QED) is 0.344. The molecule has 0 aliphatic heterocycles. The van der Waals surface area contributed by atoms with E-state index in [0.29, 0.717) is 0 Å². The molecule has 160 valence electrons. The summed E-state index contributed by atoms with van der Waals surface area (Å²) in [6.45, 7) is 1.79. The molecule has 2 aromatic carbocycles. The van der Waals surface area contributed by atoms with Gasteiger partial charge in [-0.3, -0.25) is 25.7 Å². The normalized spacial score (nSPS) is 11.0. The summed E-state index contributed by atoms with van der Waals surface area (Å²) >= 11 is 0. The van der Waals surface area contributed by atoms with E-state index in [9.17, 15) is 28.6 Å². The second-order valence-corrected chi connectivity index (χ2v) is 7.83. The summed E-state index contributed by atoms with van der Waals surface area (Å²) in [5.74, 6) is -0.721. The number of non-ortho nitro benzene ring substituents is 1. The van der Waals surface area contributed by atoms with E-state index < -0.39 is 31.4 Å². The fourth-order valence-corrected chi connectivity index (χ4v) is 3.30. The first kappa shape index (κ1) is 21.5. The molecule has 0 saturated carbocycles. The Morgan fingerprint density at radius 1 is 0.935 bits per heavy atom. The van der Waals surface area contributed by atoms with E-state index in [-0.39, 0.29) is 22.1 Å². The third kappa shape index (κ3) is 5.06. The SMILES string of the molecule is Cc1ccc(S(=O)(=O)NNc2ncnc(Nc3cccc([N+](=O)[O-])c3)c2[N+](=O)[O-])cc1.